The van der Waals surface area contributed by atoms with Crippen molar-refractivity contribution in [2.75, 3.05) is 0 Å². The Morgan fingerprint density at radius 3 is 2.08 bits per heavy atom. The Balaban J connectivity index is 1.54. The minimum absolute atomic E-state index is 1.02. The molecule has 0 N–H and O–H groups in total. The van der Waals surface area contributed by atoms with Crippen molar-refractivity contribution in [3.05, 3.63) is 122 Å². The van der Waals surface area contributed by atoms with Crippen molar-refractivity contribution in [2.45, 2.75) is 0 Å². The number of pyridine rings is 1. The predicted octanol–water partition coefficient (Wildman–Crippen LogP) is 8.40. The molecular weight excluding hydrogens is 472 g/mol. The van der Waals surface area contributed by atoms with Crippen LogP contribution < -0.4 is 0 Å². The second-order valence-electron chi connectivity index (χ2n) is 9.14. The summed E-state index contributed by atoms with van der Waals surface area (Å²) in [5.74, 6) is 0. The summed E-state index contributed by atoms with van der Waals surface area (Å²) in [5.41, 5.74) is 7.00. The largest absolute Gasteiger partial charge is 0.309 e. The van der Waals surface area contributed by atoms with Gasteiger partial charge in [-0.25, -0.2) is 4.98 Å². The minimum atomic E-state index is 1.02. The number of fused-ring (bicyclic) bond motifs is 7. The Hall–Kier alpha value is -4.74. The molecule has 5 heteroatoms. The standard InChI is InChI=1S/C32H20N4S/c1-2-8-21(9-3-1)32-34-20-29(37-32)36-26-12-6-4-10-23(26)24-14-15-28-30(31(24)36)25-11-5-7-13-27(25)35(28)22-16-18-33-19-17-22/h1-20H. The zero-order valence-electron chi connectivity index (χ0n) is 19.7. The molecule has 8 rings (SSSR count). The van der Waals surface area contributed by atoms with Gasteiger partial charge in [0, 0.05) is 45.2 Å². The molecule has 174 valence electrons. The predicted molar refractivity (Wildman–Crippen MR) is 154 cm³/mol. The summed E-state index contributed by atoms with van der Waals surface area (Å²) < 4.78 is 4.75. The lowest BCUT2D eigenvalue weighted by Gasteiger charge is -2.08. The van der Waals surface area contributed by atoms with Crippen molar-refractivity contribution in [2.24, 2.45) is 0 Å². The topological polar surface area (TPSA) is 35.6 Å². The lowest BCUT2D eigenvalue weighted by Crippen LogP contribution is -1.94. The third kappa shape index (κ3) is 2.95. The first kappa shape index (κ1) is 20.5. The molecule has 0 amide bonds. The molecule has 0 radical (unpaired) electrons. The van der Waals surface area contributed by atoms with Crippen molar-refractivity contribution < 1.29 is 0 Å². The number of rotatable bonds is 3. The molecule has 8 aromatic rings. The van der Waals surface area contributed by atoms with Gasteiger partial charge in [-0.3, -0.25) is 9.55 Å². The molecule has 0 saturated heterocycles. The van der Waals surface area contributed by atoms with Gasteiger partial charge in [-0.05, 0) is 30.3 Å². The molecule has 37 heavy (non-hydrogen) atoms. The van der Waals surface area contributed by atoms with Gasteiger partial charge in [0.2, 0.25) is 0 Å². The second kappa shape index (κ2) is 7.88. The molecule has 4 aromatic heterocycles. The van der Waals surface area contributed by atoms with E-state index >= 15 is 0 Å². The van der Waals surface area contributed by atoms with E-state index in [0.29, 0.717) is 0 Å². The number of nitrogens with zero attached hydrogens (tertiary/aromatic N) is 4. The summed E-state index contributed by atoms with van der Waals surface area (Å²) >= 11 is 1.73. The van der Waals surface area contributed by atoms with E-state index in [1.165, 1.54) is 43.6 Å². The summed E-state index contributed by atoms with van der Waals surface area (Å²) in [7, 11) is 0. The molecule has 0 saturated carbocycles. The Morgan fingerprint density at radius 2 is 1.27 bits per heavy atom. The van der Waals surface area contributed by atoms with E-state index in [2.05, 4.69) is 111 Å². The molecule has 0 aliphatic carbocycles. The fourth-order valence-electron chi connectivity index (χ4n) is 5.59. The average Bonchev–Trinajstić information content (AvgIpc) is 3.66. The third-order valence-corrected chi connectivity index (χ3v) is 8.16. The van der Waals surface area contributed by atoms with Crippen LogP contribution in [-0.4, -0.2) is 19.1 Å². The van der Waals surface area contributed by atoms with Crippen molar-refractivity contribution in [1.82, 2.24) is 19.1 Å². The van der Waals surface area contributed by atoms with Crippen LogP contribution in [0.2, 0.25) is 0 Å². The van der Waals surface area contributed by atoms with E-state index in [9.17, 15) is 0 Å². The Morgan fingerprint density at radius 1 is 0.568 bits per heavy atom. The lowest BCUT2D eigenvalue weighted by molar-refractivity contribution is 1.15. The van der Waals surface area contributed by atoms with Gasteiger partial charge in [0.15, 0.2) is 0 Å². The van der Waals surface area contributed by atoms with Crippen LogP contribution in [-0.2, 0) is 0 Å². The first-order valence-corrected chi connectivity index (χ1v) is 13.1. The molecule has 0 bridgehead atoms. The van der Waals surface area contributed by atoms with Crippen LogP contribution in [0.5, 0.6) is 0 Å². The highest BCUT2D eigenvalue weighted by molar-refractivity contribution is 7.17. The van der Waals surface area contributed by atoms with Crippen molar-refractivity contribution in [3.8, 4) is 21.3 Å². The molecule has 0 atom stereocenters. The van der Waals surface area contributed by atoms with Crippen LogP contribution in [0.4, 0.5) is 0 Å². The average molecular weight is 493 g/mol. The summed E-state index contributed by atoms with van der Waals surface area (Å²) in [5, 5.41) is 7.10. The van der Waals surface area contributed by atoms with E-state index in [-0.39, 0.29) is 0 Å². The fraction of sp³-hybridized carbons (Fsp3) is 0. The van der Waals surface area contributed by atoms with E-state index in [0.717, 1.165) is 21.3 Å². The molecule has 0 spiro atoms. The quantitative estimate of drug-likeness (QED) is 0.248. The van der Waals surface area contributed by atoms with E-state index in [1.54, 1.807) is 11.3 Å². The smallest absolute Gasteiger partial charge is 0.125 e. The van der Waals surface area contributed by atoms with E-state index < -0.39 is 0 Å². The molecule has 4 heterocycles. The van der Waals surface area contributed by atoms with Gasteiger partial charge in [-0.15, -0.1) is 0 Å². The highest BCUT2D eigenvalue weighted by Crippen LogP contribution is 2.43. The summed E-state index contributed by atoms with van der Waals surface area (Å²) in [4.78, 5) is 9.09. The number of thiazole rings is 1. The Kier molecular flexibility index (Phi) is 4.36. The van der Waals surface area contributed by atoms with E-state index in [4.69, 9.17) is 4.98 Å². The van der Waals surface area contributed by atoms with Gasteiger partial charge in [0.1, 0.15) is 10.0 Å². The Labute approximate surface area is 216 Å². The minimum Gasteiger partial charge on any atom is -0.309 e. The molecule has 0 aliphatic rings. The number of benzene rings is 4. The zero-order chi connectivity index (χ0) is 24.3. The zero-order valence-corrected chi connectivity index (χ0v) is 20.6. The monoisotopic (exact) mass is 492 g/mol. The van der Waals surface area contributed by atoms with Gasteiger partial charge in [-0.2, -0.15) is 0 Å². The molecule has 0 fully saturated rings. The fourth-order valence-corrected chi connectivity index (χ4v) is 6.54. The van der Waals surface area contributed by atoms with Crippen molar-refractivity contribution in [1.29, 1.82) is 0 Å². The normalized spacial score (nSPS) is 11.8. The number of aromatic nitrogens is 4. The first-order chi connectivity index (χ1) is 18.4. The van der Waals surface area contributed by atoms with Crippen LogP contribution in [0.3, 0.4) is 0 Å². The van der Waals surface area contributed by atoms with Gasteiger partial charge >= 0.3 is 0 Å². The van der Waals surface area contributed by atoms with Gasteiger partial charge in [0.05, 0.1) is 28.3 Å². The maximum absolute atomic E-state index is 4.84. The second-order valence-corrected chi connectivity index (χ2v) is 10.1. The highest BCUT2D eigenvalue weighted by atomic mass is 32.1. The summed E-state index contributed by atoms with van der Waals surface area (Å²) in [6.07, 6.45) is 5.72. The number of hydrogen-bond donors (Lipinski definition) is 0. The van der Waals surface area contributed by atoms with E-state index in [1.807, 2.05) is 24.7 Å². The van der Waals surface area contributed by atoms with Crippen LogP contribution >= 0.6 is 11.3 Å². The molecule has 4 nitrogen and oxygen atoms in total. The number of hydrogen-bond acceptors (Lipinski definition) is 3. The van der Waals surface area contributed by atoms with Crippen molar-refractivity contribution in [3.63, 3.8) is 0 Å². The van der Waals surface area contributed by atoms with Gasteiger partial charge < -0.3 is 4.57 Å². The molecule has 0 aliphatic heterocycles. The summed E-state index contributed by atoms with van der Waals surface area (Å²) in [6, 6.07) is 36.4. The van der Waals surface area contributed by atoms with Gasteiger partial charge in [-0.1, -0.05) is 84.1 Å². The number of para-hydroxylation sites is 2. The van der Waals surface area contributed by atoms with Gasteiger partial charge in [0.25, 0.3) is 0 Å². The van der Waals surface area contributed by atoms with Crippen LogP contribution in [0.1, 0.15) is 0 Å². The molecule has 0 unspecified atom stereocenters. The third-order valence-electron chi connectivity index (χ3n) is 7.13. The maximum Gasteiger partial charge on any atom is 0.125 e. The maximum atomic E-state index is 4.84. The first-order valence-electron chi connectivity index (χ1n) is 12.3. The van der Waals surface area contributed by atoms with Crippen LogP contribution in [0.25, 0.3) is 64.9 Å². The summed E-state index contributed by atoms with van der Waals surface area (Å²) in [6.45, 7) is 0. The Bertz CT molecular complexity index is 2080. The molecule has 4 aromatic carbocycles. The van der Waals surface area contributed by atoms with Crippen LogP contribution in [0, 0.1) is 0 Å². The molecular formula is C32H20N4S. The van der Waals surface area contributed by atoms with Crippen LogP contribution in [0.15, 0.2) is 122 Å². The SMILES string of the molecule is c1ccc(-c2ncc(-n3c4ccccc4c4ccc5c(c6ccccc6n5-c5ccncc5)c43)s2)cc1. The lowest BCUT2D eigenvalue weighted by atomic mass is 10.1. The van der Waals surface area contributed by atoms with Crippen molar-refractivity contribution >= 4 is 54.9 Å². The highest BCUT2D eigenvalue weighted by Gasteiger charge is 2.21.